The fraction of sp³-hybridized carbons (Fsp3) is 0.500. The van der Waals surface area contributed by atoms with Crippen molar-refractivity contribution < 1.29 is 9.59 Å². The van der Waals surface area contributed by atoms with Crippen molar-refractivity contribution in [2.75, 3.05) is 0 Å². The number of hydrogen-bond donors (Lipinski definition) is 0. The van der Waals surface area contributed by atoms with E-state index in [0.29, 0.717) is 24.3 Å². The lowest BCUT2D eigenvalue weighted by atomic mass is 10.0. The number of Topliss-reactive ketones (excluding diaryl/α,β-unsaturated/α-hetero) is 1. The fourth-order valence-electron chi connectivity index (χ4n) is 1.03. The van der Waals surface area contributed by atoms with Crippen LogP contribution in [-0.4, -0.2) is 11.6 Å². The Balaban J connectivity index is 2.69. The molecule has 0 heterocycles. The molecule has 1 rings (SSSR count). The molecule has 3 heteroatoms. The van der Waals surface area contributed by atoms with E-state index in [1.165, 1.54) is 6.08 Å². The SMILES string of the molecule is O=C1/C=C(/Cl)CC(=O)CCC1. The summed E-state index contributed by atoms with van der Waals surface area (Å²) in [7, 11) is 0. The molecule has 60 valence electrons. The maximum atomic E-state index is 10.9. The molecular weight excluding hydrogens is 164 g/mol. The van der Waals surface area contributed by atoms with Crippen LogP contribution < -0.4 is 0 Å². The van der Waals surface area contributed by atoms with Crippen LogP contribution in [0.4, 0.5) is 0 Å². The molecule has 0 unspecified atom stereocenters. The predicted molar refractivity (Wildman–Crippen MR) is 42.4 cm³/mol. The summed E-state index contributed by atoms with van der Waals surface area (Å²) in [6.07, 6.45) is 3.18. The molecule has 1 aliphatic rings. The molecule has 11 heavy (non-hydrogen) atoms. The van der Waals surface area contributed by atoms with Crippen molar-refractivity contribution in [2.45, 2.75) is 25.7 Å². The summed E-state index contributed by atoms with van der Waals surface area (Å²) in [4.78, 5) is 21.8. The average Bonchev–Trinajstić information content (AvgIpc) is 1.83. The molecule has 2 nitrogen and oxygen atoms in total. The third-order valence-electron chi connectivity index (χ3n) is 1.56. The third-order valence-corrected chi connectivity index (χ3v) is 1.81. The Morgan fingerprint density at radius 1 is 1.27 bits per heavy atom. The predicted octanol–water partition coefficient (Wildman–Crippen LogP) is 1.82. The third kappa shape index (κ3) is 2.85. The zero-order valence-electron chi connectivity index (χ0n) is 6.10. The molecule has 0 aromatic rings. The number of ketones is 2. The van der Waals surface area contributed by atoms with Crippen LogP contribution in [-0.2, 0) is 9.59 Å². The van der Waals surface area contributed by atoms with Gasteiger partial charge in [-0.3, -0.25) is 9.59 Å². The molecule has 1 aliphatic carbocycles. The standard InChI is InChI=1S/C8H9ClO2/c9-6-4-7(10)2-1-3-8(11)5-6/h4H,1-3,5H2/b6-4+. The smallest absolute Gasteiger partial charge is 0.156 e. The van der Waals surface area contributed by atoms with Gasteiger partial charge in [-0.25, -0.2) is 0 Å². The van der Waals surface area contributed by atoms with Crippen molar-refractivity contribution >= 4 is 23.2 Å². The molecule has 0 N–H and O–H groups in total. The zero-order valence-corrected chi connectivity index (χ0v) is 6.86. The number of halogens is 1. The van der Waals surface area contributed by atoms with Crippen LogP contribution in [0.25, 0.3) is 0 Å². The van der Waals surface area contributed by atoms with Crippen LogP contribution in [0.2, 0.25) is 0 Å². The molecule has 0 radical (unpaired) electrons. The maximum Gasteiger partial charge on any atom is 0.156 e. The highest BCUT2D eigenvalue weighted by atomic mass is 35.5. The number of hydrogen-bond acceptors (Lipinski definition) is 2. The van der Waals surface area contributed by atoms with Gasteiger partial charge in [0.05, 0.1) is 0 Å². The number of carbonyl (C=O) groups excluding carboxylic acids is 2. The first-order valence-electron chi connectivity index (χ1n) is 3.59. The second-order valence-corrected chi connectivity index (χ2v) is 3.11. The van der Waals surface area contributed by atoms with Gasteiger partial charge < -0.3 is 0 Å². The Kier molecular flexibility index (Phi) is 2.83. The minimum atomic E-state index is 0.0301. The van der Waals surface area contributed by atoms with E-state index in [4.69, 9.17) is 11.6 Å². The molecule has 0 spiro atoms. The van der Waals surface area contributed by atoms with Gasteiger partial charge in [0.25, 0.3) is 0 Å². The van der Waals surface area contributed by atoms with Gasteiger partial charge in [-0.2, -0.15) is 0 Å². The molecule has 0 aliphatic heterocycles. The van der Waals surface area contributed by atoms with E-state index in [9.17, 15) is 9.59 Å². The molecule has 0 saturated carbocycles. The highest BCUT2D eigenvalue weighted by molar-refractivity contribution is 6.32. The van der Waals surface area contributed by atoms with Crippen LogP contribution in [0.1, 0.15) is 25.7 Å². The maximum absolute atomic E-state index is 10.9. The van der Waals surface area contributed by atoms with Crippen molar-refractivity contribution in [2.24, 2.45) is 0 Å². The van der Waals surface area contributed by atoms with E-state index in [1.807, 2.05) is 0 Å². The lowest BCUT2D eigenvalue weighted by molar-refractivity contribution is -0.119. The summed E-state index contributed by atoms with van der Waals surface area (Å²) in [5, 5.41) is 0.375. The Bertz CT molecular complexity index is 218. The van der Waals surface area contributed by atoms with Gasteiger partial charge in [0.1, 0.15) is 5.78 Å². The van der Waals surface area contributed by atoms with Crippen LogP contribution in [0.3, 0.4) is 0 Å². The van der Waals surface area contributed by atoms with Gasteiger partial charge in [-0.1, -0.05) is 11.6 Å². The Hall–Kier alpha value is -0.630. The molecule has 0 saturated heterocycles. The van der Waals surface area contributed by atoms with E-state index in [2.05, 4.69) is 0 Å². The molecule has 0 fully saturated rings. The minimum absolute atomic E-state index is 0.0301. The molecule has 0 amide bonds. The van der Waals surface area contributed by atoms with E-state index >= 15 is 0 Å². The summed E-state index contributed by atoms with van der Waals surface area (Å²) in [5.41, 5.74) is 0. The molecule has 0 bridgehead atoms. The highest BCUT2D eigenvalue weighted by Gasteiger charge is 2.10. The van der Waals surface area contributed by atoms with Crippen molar-refractivity contribution in [1.29, 1.82) is 0 Å². The largest absolute Gasteiger partial charge is 0.299 e. The van der Waals surface area contributed by atoms with E-state index in [0.717, 1.165) is 0 Å². The van der Waals surface area contributed by atoms with Crippen LogP contribution in [0, 0.1) is 0 Å². The van der Waals surface area contributed by atoms with Crippen LogP contribution in [0.15, 0.2) is 11.1 Å². The summed E-state index contributed by atoms with van der Waals surface area (Å²) < 4.78 is 0. The molecular formula is C8H9ClO2. The number of allylic oxidation sites excluding steroid dienone is 2. The van der Waals surface area contributed by atoms with E-state index in [-0.39, 0.29) is 18.0 Å². The van der Waals surface area contributed by atoms with Gasteiger partial charge in [-0.15, -0.1) is 0 Å². The first-order chi connectivity index (χ1) is 5.18. The van der Waals surface area contributed by atoms with Crippen molar-refractivity contribution in [3.63, 3.8) is 0 Å². The van der Waals surface area contributed by atoms with Gasteiger partial charge in [0.15, 0.2) is 5.78 Å². The zero-order chi connectivity index (χ0) is 8.27. The molecule has 0 atom stereocenters. The second kappa shape index (κ2) is 3.67. The van der Waals surface area contributed by atoms with Gasteiger partial charge in [0.2, 0.25) is 0 Å². The lowest BCUT2D eigenvalue weighted by Gasteiger charge is -2.03. The summed E-state index contributed by atoms with van der Waals surface area (Å²) in [6.45, 7) is 0. The topological polar surface area (TPSA) is 34.1 Å². The molecule has 0 aromatic carbocycles. The second-order valence-electron chi connectivity index (χ2n) is 2.63. The summed E-state index contributed by atoms with van der Waals surface area (Å²) >= 11 is 5.60. The normalized spacial score (nSPS) is 25.4. The van der Waals surface area contributed by atoms with Gasteiger partial charge >= 0.3 is 0 Å². The van der Waals surface area contributed by atoms with Crippen molar-refractivity contribution in [1.82, 2.24) is 0 Å². The summed E-state index contributed by atoms with van der Waals surface area (Å²) in [5.74, 6) is 0.154. The molecule has 0 aromatic heterocycles. The highest BCUT2D eigenvalue weighted by Crippen LogP contribution is 2.15. The monoisotopic (exact) mass is 172 g/mol. The Morgan fingerprint density at radius 2 is 2.00 bits per heavy atom. The van der Waals surface area contributed by atoms with Crippen LogP contribution >= 0.6 is 11.6 Å². The lowest BCUT2D eigenvalue weighted by Crippen LogP contribution is -2.05. The Morgan fingerprint density at radius 3 is 2.73 bits per heavy atom. The first-order valence-corrected chi connectivity index (χ1v) is 3.97. The number of carbonyl (C=O) groups is 2. The van der Waals surface area contributed by atoms with E-state index < -0.39 is 0 Å². The van der Waals surface area contributed by atoms with Gasteiger partial charge in [0, 0.05) is 24.3 Å². The summed E-state index contributed by atoms with van der Waals surface area (Å²) in [6, 6.07) is 0. The first kappa shape index (κ1) is 8.47. The van der Waals surface area contributed by atoms with Gasteiger partial charge in [-0.05, 0) is 12.5 Å². The van der Waals surface area contributed by atoms with Crippen molar-refractivity contribution in [3.05, 3.63) is 11.1 Å². The van der Waals surface area contributed by atoms with E-state index in [1.54, 1.807) is 0 Å². The Labute approximate surface area is 70.2 Å². The fourth-order valence-corrected chi connectivity index (χ4v) is 1.31. The van der Waals surface area contributed by atoms with Crippen LogP contribution in [0.5, 0.6) is 0 Å². The van der Waals surface area contributed by atoms with Crippen molar-refractivity contribution in [3.8, 4) is 0 Å². The minimum Gasteiger partial charge on any atom is -0.299 e. The number of rotatable bonds is 0. The quantitative estimate of drug-likeness (QED) is 0.559. The average molecular weight is 173 g/mol.